The predicted molar refractivity (Wildman–Crippen MR) is 83.6 cm³/mol. The van der Waals surface area contributed by atoms with Crippen LogP contribution in [0.2, 0.25) is 0 Å². The fourth-order valence-electron chi connectivity index (χ4n) is 3.75. The van der Waals surface area contributed by atoms with E-state index < -0.39 is 11.6 Å². The smallest absolute Gasteiger partial charge is 0.410 e. The van der Waals surface area contributed by atoms with Gasteiger partial charge in [0.05, 0.1) is 0 Å². The zero-order chi connectivity index (χ0) is 16.4. The van der Waals surface area contributed by atoms with E-state index in [1.54, 1.807) is 11.8 Å². The third-order valence-corrected chi connectivity index (χ3v) is 5.17. The first kappa shape index (κ1) is 16.0. The summed E-state index contributed by atoms with van der Waals surface area (Å²) in [6.07, 6.45) is -0.0286. The molecule has 0 unspecified atom stereocenters. The van der Waals surface area contributed by atoms with Gasteiger partial charge in [-0.15, -0.1) is 0 Å². The third-order valence-electron chi connectivity index (χ3n) is 5.17. The van der Waals surface area contributed by atoms with Gasteiger partial charge < -0.3 is 9.64 Å². The number of amides is 1. The molecular weight excluding hydrogens is 297 g/mol. The molecule has 2 aliphatic rings. The van der Waals surface area contributed by atoms with Gasteiger partial charge in [0.1, 0.15) is 6.61 Å². The highest BCUT2D eigenvalue weighted by atomic mass is 19.1. The average molecular weight is 319 g/mol. The lowest BCUT2D eigenvalue weighted by atomic mass is 9.76. The number of Topliss-reactive ketones (excluding diaryl/α,β-unsaturated/α-hetero) is 1. The number of ketones is 1. The second-order valence-electron chi connectivity index (χ2n) is 6.75. The number of nitrogens with zero attached hydrogens (tertiary/aromatic N) is 1. The Morgan fingerprint density at radius 3 is 2.52 bits per heavy atom. The summed E-state index contributed by atoms with van der Waals surface area (Å²) in [6.45, 7) is 2.94. The number of rotatable bonds is 2. The highest BCUT2D eigenvalue weighted by Gasteiger charge is 2.53. The molecule has 1 aliphatic carbocycles. The fraction of sp³-hybridized carbons (Fsp3) is 0.556. The number of hydrogen-bond acceptors (Lipinski definition) is 3. The van der Waals surface area contributed by atoms with E-state index in [2.05, 4.69) is 0 Å². The maximum Gasteiger partial charge on any atom is 0.410 e. The molecule has 0 N–H and O–H groups in total. The van der Waals surface area contributed by atoms with Crippen molar-refractivity contribution in [1.29, 1.82) is 0 Å². The van der Waals surface area contributed by atoms with Crippen LogP contribution < -0.4 is 0 Å². The Bertz CT molecular complexity index is 581. The largest absolute Gasteiger partial charge is 0.445 e. The van der Waals surface area contributed by atoms with Crippen molar-refractivity contribution in [2.45, 2.75) is 39.0 Å². The summed E-state index contributed by atoms with van der Waals surface area (Å²) in [6, 6.07) is 9.51. The van der Waals surface area contributed by atoms with Gasteiger partial charge in [0.15, 0.2) is 12.0 Å². The van der Waals surface area contributed by atoms with Gasteiger partial charge in [0.2, 0.25) is 0 Å². The van der Waals surface area contributed by atoms with Crippen molar-refractivity contribution in [3.8, 4) is 0 Å². The van der Waals surface area contributed by atoms with Crippen LogP contribution in [-0.4, -0.2) is 36.0 Å². The van der Waals surface area contributed by atoms with Crippen LogP contribution in [0.3, 0.4) is 0 Å². The maximum atomic E-state index is 13.8. The van der Waals surface area contributed by atoms with Crippen LogP contribution in [0, 0.1) is 11.3 Å². The lowest BCUT2D eigenvalue weighted by Gasteiger charge is -2.37. The van der Waals surface area contributed by atoms with E-state index in [1.807, 2.05) is 30.3 Å². The summed E-state index contributed by atoms with van der Waals surface area (Å²) in [5.74, 6) is -0.471. The average Bonchev–Trinajstić information content (AvgIpc) is 2.78. The molecule has 1 aromatic carbocycles. The highest BCUT2D eigenvalue weighted by Crippen LogP contribution is 2.47. The van der Waals surface area contributed by atoms with Gasteiger partial charge in [-0.05, 0) is 30.7 Å². The number of piperidine rings is 1. The molecule has 5 heteroatoms. The summed E-state index contributed by atoms with van der Waals surface area (Å²) >= 11 is 0. The van der Waals surface area contributed by atoms with E-state index in [4.69, 9.17) is 4.74 Å². The molecule has 1 amide bonds. The van der Waals surface area contributed by atoms with Gasteiger partial charge in [-0.25, -0.2) is 9.18 Å². The highest BCUT2D eigenvalue weighted by molar-refractivity contribution is 5.91. The van der Waals surface area contributed by atoms with Crippen LogP contribution in [0.1, 0.15) is 31.7 Å². The van der Waals surface area contributed by atoms with E-state index in [-0.39, 0.29) is 24.4 Å². The molecule has 0 radical (unpaired) electrons. The molecule has 1 heterocycles. The molecule has 23 heavy (non-hydrogen) atoms. The Labute approximate surface area is 135 Å². The van der Waals surface area contributed by atoms with Crippen molar-refractivity contribution < 1.29 is 18.7 Å². The second-order valence-corrected chi connectivity index (χ2v) is 6.75. The number of alkyl halides is 1. The zero-order valence-electron chi connectivity index (χ0n) is 13.3. The number of ether oxygens (including phenoxy) is 1. The summed E-state index contributed by atoms with van der Waals surface area (Å²) in [4.78, 5) is 25.9. The molecule has 0 aromatic heterocycles. The normalized spacial score (nSPS) is 26.5. The second kappa shape index (κ2) is 6.30. The number of likely N-dealkylation sites (tertiary alicyclic amines) is 1. The van der Waals surface area contributed by atoms with E-state index in [9.17, 15) is 14.0 Å². The van der Waals surface area contributed by atoms with Crippen molar-refractivity contribution in [3.63, 3.8) is 0 Å². The van der Waals surface area contributed by atoms with Gasteiger partial charge >= 0.3 is 6.09 Å². The minimum atomic E-state index is -1.34. The number of halogens is 1. The SMILES string of the molecule is C[C@@H]1CC2(CCN(C(=O)OCc3ccccc3)CC2)C(=O)[C@@H]1F. The molecule has 1 saturated carbocycles. The van der Waals surface area contributed by atoms with Crippen LogP contribution in [0.5, 0.6) is 0 Å². The van der Waals surface area contributed by atoms with Gasteiger partial charge in [-0.1, -0.05) is 37.3 Å². The Morgan fingerprint density at radius 1 is 1.30 bits per heavy atom. The molecule has 3 rings (SSSR count). The minimum Gasteiger partial charge on any atom is -0.445 e. The van der Waals surface area contributed by atoms with Crippen molar-refractivity contribution in [2.75, 3.05) is 13.1 Å². The molecule has 124 valence electrons. The summed E-state index contributed by atoms with van der Waals surface area (Å²) in [5.41, 5.74) is 0.379. The molecule has 0 bridgehead atoms. The van der Waals surface area contributed by atoms with Gasteiger partial charge in [0.25, 0.3) is 0 Å². The minimum absolute atomic E-state index is 0.209. The lowest BCUT2D eigenvalue weighted by Crippen LogP contribution is -2.45. The molecule has 1 aromatic rings. The third kappa shape index (κ3) is 3.09. The van der Waals surface area contributed by atoms with Gasteiger partial charge in [0, 0.05) is 18.5 Å². The number of carbonyl (C=O) groups excluding carboxylic acids is 2. The Kier molecular flexibility index (Phi) is 4.37. The summed E-state index contributed by atoms with van der Waals surface area (Å²) < 4.78 is 19.2. The van der Waals surface area contributed by atoms with Gasteiger partial charge in [-0.2, -0.15) is 0 Å². The zero-order valence-corrected chi connectivity index (χ0v) is 13.3. The van der Waals surface area contributed by atoms with Crippen LogP contribution in [-0.2, 0) is 16.1 Å². The van der Waals surface area contributed by atoms with Gasteiger partial charge in [-0.3, -0.25) is 4.79 Å². The first-order valence-electron chi connectivity index (χ1n) is 8.16. The molecule has 1 aliphatic heterocycles. The predicted octanol–water partition coefficient (Wildman–Crippen LogP) is 3.35. The van der Waals surface area contributed by atoms with E-state index in [0.717, 1.165) is 5.56 Å². The van der Waals surface area contributed by atoms with E-state index in [1.165, 1.54) is 0 Å². The number of carbonyl (C=O) groups is 2. The fourth-order valence-corrected chi connectivity index (χ4v) is 3.75. The van der Waals surface area contributed by atoms with Crippen LogP contribution in [0.15, 0.2) is 30.3 Å². The molecule has 4 nitrogen and oxygen atoms in total. The molecule has 1 saturated heterocycles. The quantitative estimate of drug-likeness (QED) is 0.840. The van der Waals surface area contributed by atoms with E-state index >= 15 is 0 Å². The number of hydrogen-bond donors (Lipinski definition) is 0. The van der Waals surface area contributed by atoms with Crippen LogP contribution in [0.4, 0.5) is 9.18 Å². The van der Waals surface area contributed by atoms with Crippen molar-refractivity contribution >= 4 is 11.9 Å². The van der Waals surface area contributed by atoms with Crippen LogP contribution >= 0.6 is 0 Å². The first-order chi connectivity index (χ1) is 11.0. The lowest BCUT2D eigenvalue weighted by molar-refractivity contribution is -0.132. The monoisotopic (exact) mass is 319 g/mol. The van der Waals surface area contributed by atoms with Crippen LogP contribution in [0.25, 0.3) is 0 Å². The van der Waals surface area contributed by atoms with E-state index in [0.29, 0.717) is 32.4 Å². The standard InChI is InChI=1S/C18H22FNO3/c1-13-11-18(16(21)15(13)19)7-9-20(10-8-18)17(22)23-12-14-5-3-2-4-6-14/h2-6,13,15H,7-12H2,1H3/t13-,15-/m1/s1. The molecule has 2 atom stereocenters. The Hall–Kier alpha value is -1.91. The van der Waals surface area contributed by atoms with Crippen molar-refractivity contribution in [2.24, 2.45) is 11.3 Å². The summed E-state index contributed by atoms with van der Waals surface area (Å²) in [5, 5.41) is 0. The van der Waals surface area contributed by atoms with Crippen molar-refractivity contribution in [3.05, 3.63) is 35.9 Å². The molecule has 2 fully saturated rings. The molecule has 1 spiro atoms. The number of benzene rings is 1. The first-order valence-corrected chi connectivity index (χ1v) is 8.16. The maximum absolute atomic E-state index is 13.8. The van der Waals surface area contributed by atoms with Crippen molar-refractivity contribution in [1.82, 2.24) is 4.90 Å². The topological polar surface area (TPSA) is 46.6 Å². The Balaban J connectivity index is 1.53. The Morgan fingerprint density at radius 2 is 1.96 bits per heavy atom. The summed E-state index contributed by atoms with van der Waals surface area (Å²) in [7, 11) is 0. The molecular formula is C18H22FNO3.